The van der Waals surface area contributed by atoms with Gasteiger partial charge in [0, 0.05) is 24.7 Å². The van der Waals surface area contributed by atoms with E-state index < -0.39 is 20.2 Å². The summed E-state index contributed by atoms with van der Waals surface area (Å²) in [6.07, 6.45) is -1.30. The van der Waals surface area contributed by atoms with E-state index >= 15 is 0 Å². The molecule has 0 fully saturated rings. The first kappa shape index (κ1) is 20.2. The Labute approximate surface area is 149 Å². The van der Waals surface area contributed by atoms with Gasteiger partial charge in [-0.25, -0.2) is 0 Å². The fourth-order valence-corrected chi connectivity index (χ4v) is 3.30. The summed E-state index contributed by atoms with van der Waals surface area (Å²) in [5.41, 5.74) is 0.712. The summed E-state index contributed by atoms with van der Waals surface area (Å²) in [6.45, 7) is 6.47. The number of alkyl halides is 3. The largest absolute Gasteiger partial charge is 0.471 e. The van der Waals surface area contributed by atoms with Crippen molar-refractivity contribution in [3.05, 3.63) is 45.6 Å². The molecule has 1 aromatic rings. The maximum Gasteiger partial charge on any atom is 0.471 e. The highest BCUT2D eigenvalue weighted by atomic mass is 127. The molecular formula is C16H21F3INOSi. The molecular weight excluding hydrogens is 434 g/mol. The topological polar surface area (TPSA) is 20.3 Å². The normalized spacial score (nSPS) is 12.7. The van der Waals surface area contributed by atoms with Gasteiger partial charge < -0.3 is 4.90 Å². The molecule has 2 nitrogen and oxygen atoms in total. The number of hydrogen-bond acceptors (Lipinski definition) is 1. The predicted molar refractivity (Wildman–Crippen MR) is 97.9 cm³/mol. The first-order valence-corrected chi connectivity index (χ1v) is 12.0. The quantitative estimate of drug-likeness (QED) is 0.333. The predicted octanol–water partition coefficient (Wildman–Crippen LogP) is 5.08. The summed E-state index contributed by atoms with van der Waals surface area (Å²) in [4.78, 5) is 12.5. The highest BCUT2D eigenvalue weighted by molar-refractivity contribution is 14.1. The second kappa shape index (κ2) is 8.32. The number of carbonyl (C=O) groups is 1. The smallest absolute Gasteiger partial charge is 0.327 e. The first-order valence-electron chi connectivity index (χ1n) is 7.25. The lowest BCUT2D eigenvalue weighted by molar-refractivity contribution is -0.185. The molecule has 0 bridgehead atoms. The van der Waals surface area contributed by atoms with Crippen LogP contribution in [0.25, 0.3) is 0 Å². The second-order valence-electron chi connectivity index (χ2n) is 6.51. The van der Waals surface area contributed by atoms with Gasteiger partial charge >= 0.3 is 12.1 Å². The molecule has 0 saturated heterocycles. The minimum Gasteiger partial charge on any atom is -0.327 e. The van der Waals surface area contributed by atoms with Gasteiger partial charge in [0.05, 0.1) is 0 Å². The molecule has 1 rings (SSSR count). The lowest BCUT2D eigenvalue weighted by Gasteiger charge is -2.23. The molecule has 0 heterocycles. The molecule has 0 N–H and O–H groups in total. The van der Waals surface area contributed by atoms with Crippen LogP contribution < -0.4 is 0 Å². The molecule has 0 aliphatic heterocycles. The summed E-state index contributed by atoms with van der Waals surface area (Å²) >= 11 is 2.06. The second-order valence-corrected chi connectivity index (χ2v) is 13.2. The number of halogens is 4. The van der Waals surface area contributed by atoms with E-state index in [-0.39, 0.29) is 13.1 Å². The van der Waals surface area contributed by atoms with Gasteiger partial charge in [0.25, 0.3) is 0 Å². The third-order valence-electron chi connectivity index (χ3n) is 3.07. The van der Waals surface area contributed by atoms with Crippen LogP contribution in [-0.2, 0) is 11.3 Å². The molecule has 128 valence electrons. The lowest BCUT2D eigenvalue weighted by atomic mass is 10.2. The van der Waals surface area contributed by atoms with Crippen LogP contribution in [0.5, 0.6) is 0 Å². The average molecular weight is 455 g/mol. The average Bonchev–Trinajstić information content (AvgIpc) is 2.41. The number of allylic oxidation sites excluding steroid dienone is 1. The van der Waals surface area contributed by atoms with E-state index in [2.05, 4.69) is 42.2 Å². The van der Waals surface area contributed by atoms with Crippen molar-refractivity contribution in [3.63, 3.8) is 0 Å². The van der Waals surface area contributed by atoms with E-state index in [1.54, 1.807) is 18.2 Å². The number of amides is 1. The van der Waals surface area contributed by atoms with Crippen molar-refractivity contribution < 1.29 is 18.0 Å². The molecule has 23 heavy (non-hydrogen) atoms. The molecule has 0 aromatic heterocycles. The maximum atomic E-state index is 12.8. The Balaban J connectivity index is 2.86. The maximum absolute atomic E-state index is 12.8. The minimum atomic E-state index is -4.85. The molecule has 0 saturated carbocycles. The van der Waals surface area contributed by atoms with E-state index in [0.29, 0.717) is 5.56 Å². The number of nitrogens with zero attached hydrogens (tertiary/aromatic N) is 1. The van der Waals surface area contributed by atoms with Crippen LogP contribution >= 0.6 is 22.6 Å². The van der Waals surface area contributed by atoms with E-state index in [1.165, 1.54) is 0 Å². The fourth-order valence-electron chi connectivity index (χ4n) is 1.87. The van der Waals surface area contributed by atoms with Crippen molar-refractivity contribution in [2.75, 3.05) is 6.54 Å². The molecule has 7 heteroatoms. The number of benzene rings is 1. The van der Waals surface area contributed by atoms with Gasteiger partial charge in [0.1, 0.15) is 0 Å². The van der Waals surface area contributed by atoms with Crippen molar-refractivity contribution >= 4 is 36.6 Å². The van der Waals surface area contributed by atoms with E-state index in [1.807, 2.05) is 18.2 Å². The molecule has 1 amide bonds. The van der Waals surface area contributed by atoms with Crippen molar-refractivity contribution in [1.82, 2.24) is 4.90 Å². The third kappa shape index (κ3) is 7.52. The van der Waals surface area contributed by atoms with Gasteiger partial charge in [-0.05, 0) is 40.3 Å². The van der Waals surface area contributed by atoms with E-state index in [9.17, 15) is 18.0 Å². The highest BCUT2D eigenvalue weighted by Crippen LogP contribution is 2.22. The first-order chi connectivity index (χ1) is 10.5. The third-order valence-corrected chi connectivity index (χ3v) is 5.58. The van der Waals surface area contributed by atoms with Crippen molar-refractivity contribution in [3.8, 4) is 0 Å². The molecule has 0 spiro atoms. The lowest BCUT2D eigenvalue weighted by Crippen LogP contribution is -2.40. The highest BCUT2D eigenvalue weighted by Gasteiger charge is 2.42. The van der Waals surface area contributed by atoms with Gasteiger partial charge in [0.2, 0.25) is 0 Å². The Bertz CT molecular complexity index is 567. The Kier molecular flexibility index (Phi) is 7.31. The van der Waals surface area contributed by atoms with Crippen molar-refractivity contribution in [1.29, 1.82) is 0 Å². The Morgan fingerprint density at radius 1 is 1.22 bits per heavy atom. The summed E-state index contributed by atoms with van der Waals surface area (Å²) in [6, 6.07) is 8.01. The number of rotatable bonds is 6. The van der Waals surface area contributed by atoms with Crippen molar-refractivity contribution in [2.45, 2.75) is 38.4 Å². The molecule has 0 radical (unpaired) electrons. The van der Waals surface area contributed by atoms with Crippen LogP contribution in [0.2, 0.25) is 25.7 Å². The SMILES string of the molecule is C[Si](C)(C)C/C=C/CN(Cc1ccccc1I)C(=O)C(F)(F)F. The zero-order valence-electron chi connectivity index (χ0n) is 13.5. The molecule has 0 aliphatic carbocycles. The van der Waals surface area contributed by atoms with E-state index in [4.69, 9.17) is 0 Å². The van der Waals surface area contributed by atoms with E-state index in [0.717, 1.165) is 14.5 Å². The van der Waals surface area contributed by atoms with Crippen LogP contribution in [0.4, 0.5) is 13.2 Å². The Morgan fingerprint density at radius 3 is 2.35 bits per heavy atom. The minimum absolute atomic E-state index is 0.0339. The molecule has 1 aromatic carbocycles. The van der Waals surface area contributed by atoms with Crippen LogP contribution in [0.1, 0.15) is 5.56 Å². The summed E-state index contributed by atoms with van der Waals surface area (Å²) < 4.78 is 39.2. The summed E-state index contributed by atoms with van der Waals surface area (Å²) in [5.74, 6) is -1.80. The summed E-state index contributed by atoms with van der Waals surface area (Å²) in [7, 11) is -1.29. The number of carbonyl (C=O) groups excluding carboxylic acids is 1. The van der Waals surface area contributed by atoms with Crippen LogP contribution in [-0.4, -0.2) is 31.6 Å². The molecule has 0 atom stereocenters. The van der Waals surface area contributed by atoms with Crippen LogP contribution in [0, 0.1) is 3.57 Å². The molecule has 0 aliphatic rings. The Morgan fingerprint density at radius 2 is 1.83 bits per heavy atom. The van der Waals surface area contributed by atoms with Crippen LogP contribution in [0.3, 0.4) is 0 Å². The Hall–Kier alpha value is -0.833. The zero-order valence-corrected chi connectivity index (χ0v) is 16.6. The van der Waals surface area contributed by atoms with Crippen molar-refractivity contribution in [2.24, 2.45) is 0 Å². The standard InChI is InChI=1S/C16H21F3INOSi/c1-23(2,3)11-7-6-10-21(15(22)16(17,18)19)12-13-8-4-5-9-14(13)20/h4-9H,10-12H2,1-3H3/b7-6+. The number of hydrogen-bond donors (Lipinski definition) is 0. The van der Waals surface area contributed by atoms with Gasteiger partial charge in [-0.1, -0.05) is 50.0 Å². The fraction of sp³-hybridized carbons (Fsp3) is 0.438. The van der Waals surface area contributed by atoms with Gasteiger partial charge in [-0.2, -0.15) is 13.2 Å². The monoisotopic (exact) mass is 455 g/mol. The molecule has 0 unspecified atom stereocenters. The van der Waals surface area contributed by atoms with Gasteiger partial charge in [0.15, 0.2) is 0 Å². The summed E-state index contributed by atoms with van der Waals surface area (Å²) in [5, 5.41) is 0. The van der Waals surface area contributed by atoms with Gasteiger partial charge in [-0.15, -0.1) is 0 Å². The van der Waals surface area contributed by atoms with Crippen LogP contribution in [0.15, 0.2) is 36.4 Å². The van der Waals surface area contributed by atoms with Gasteiger partial charge in [-0.3, -0.25) is 4.79 Å². The zero-order chi connectivity index (χ0) is 17.7.